The van der Waals surface area contributed by atoms with E-state index in [1.807, 2.05) is 0 Å². The molecular formula is C16H20BrN3O5S. The molecule has 1 saturated heterocycles. The first-order valence-corrected chi connectivity index (χ1v) is 10.5. The van der Waals surface area contributed by atoms with Crippen LogP contribution in [0, 0.1) is 0 Å². The number of nitrogens with zero attached hydrogens (tertiary/aromatic N) is 2. The minimum atomic E-state index is -3.68. The molecule has 26 heavy (non-hydrogen) atoms. The van der Waals surface area contributed by atoms with Crippen LogP contribution in [0.1, 0.15) is 12.8 Å². The van der Waals surface area contributed by atoms with Crippen LogP contribution in [0.4, 0.5) is 0 Å². The van der Waals surface area contributed by atoms with E-state index in [0.717, 1.165) is 12.8 Å². The summed E-state index contributed by atoms with van der Waals surface area (Å²) in [5.74, 6) is -0.662. The van der Waals surface area contributed by atoms with Gasteiger partial charge in [-0.05, 0) is 47.0 Å². The Labute approximate surface area is 160 Å². The minimum Gasteiger partial charge on any atom is -0.496 e. The molecule has 1 heterocycles. The second kappa shape index (κ2) is 7.53. The maximum Gasteiger partial charge on any atom is 0.311 e. The Kier molecular flexibility index (Phi) is 5.54. The maximum absolute atomic E-state index is 12.8. The number of ether oxygens (including phenoxy) is 1. The van der Waals surface area contributed by atoms with Gasteiger partial charge in [-0.15, -0.1) is 0 Å². The van der Waals surface area contributed by atoms with E-state index in [1.165, 1.54) is 28.4 Å². The van der Waals surface area contributed by atoms with Crippen LogP contribution in [0.2, 0.25) is 0 Å². The van der Waals surface area contributed by atoms with Crippen molar-refractivity contribution in [1.29, 1.82) is 0 Å². The van der Waals surface area contributed by atoms with E-state index in [9.17, 15) is 18.0 Å². The second-order valence-corrected chi connectivity index (χ2v) is 9.03. The van der Waals surface area contributed by atoms with Gasteiger partial charge in [0, 0.05) is 32.2 Å². The van der Waals surface area contributed by atoms with Gasteiger partial charge < -0.3 is 15.0 Å². The average Bonchev–Trinajstić information content (AvgIpc) is 3.45. The molecule has 2 amide bonds. The van der Waals surface area contributed by atoms with Crippen molar-refractivity contribution in [2.24, 2.45) is 0 Å². The smallest absolute Gasteiger partial charge is 0.311 e. The zero-order valence-electron chi connectivity index (χ0n) is 14.3. The summed E-state index contributed by atoms with van der Waals surface area (Å²) in [6.07, 6.45) is 1.81. The maximum atomic E-state index is 12.8. The Hall–Kier alpha value is -1.65. The topological polar surface area (TPSA) is 96.0 Å². The zero-order chi connectivity index (χ0) is 18.9. The van der Waals surface area contributed by atoms with Gasteiger partial charge in [-0.3, -0.25) is 9.59 Å². The van der Waals surface area contributed by atoms with Crippen molar-refractivity contribution < 1.29 is 22.7 Å². The summed E-state index contributed by atoms with van der Waals surface area (Å²) >= 11 is 3.29. The number of halogens is 1. The van der Waals surface area contributed by atoms with Crippen molar-refractivity contribution in [2.45, 2.75) is 23.8 Å². The van der Waals surface area contributed by atoms with E-state index in [2.05, 4.69) is 21.2 Å². The highest BCUT2D eigenvalue weighted by Crippen LogP contribution is 2.29. The van der Waals surface area contributed by atoms with Gasteiger partial charge in [-0.1, -0.05) is 0 Å². The van der Waals surface area contributed by atoms with Crippen LogP contribution in [0.3, 0.4) is 0 Å². The largest absolute Gasteiger partial charge is 0.496 e. The second-order valence-electron chi connectivity index (χ2n) is 6.24. The molecule has 1 N–H and O–H groups in total. The number of nitrogens with one attached hydrogen (secondary N) is 1. The first kappa shape index (κ1) is 19.1. The lowest BCUT2D eigenvalue weighted by Gasteiger charge is -2.33. The quantitative estimate of drug-likeness (QED) is 0.683. The van der Waals surface area contributed by atoms with Gasteiger partial charge in [0.05, 0.1) is 16.5 Å². The van der Waals surface area contributed by atoms with E-state index < -0.39 is 21.8 Å². The van der Waals surface area contributed by atoms with Gasteiger partial charge in [0.1, 0.15) is 5.75 Å². The fourth-order valence-corrected chi connectivity index (χ4v) is 4.85. The molecule has 0 aromatic heterocycles. The average molecular weight is 446 g/mol. The number of carbonyl (C=O) groups excluding carboxylic acids is 2. The van der Waals surface area contributed by atoms with Crippen molar-refractivity contribution in [2.75, 3.05) is 33.3 Å². The molecular weight excluding hydrogens is 426 g/mol. The number of methoxy groups -OCH3 is 1. The minimum absolute atomic E-state index is 0.113. The Morgan fingerprint density at radius 2 is 1.85 bits per heavy atom. The van der Waals surface area contributed by atoms with Crippen LogP contribution in [0.5, 0.6) is 5.75 Å². The summed E-state index contributed by atoms with van der Waals surface area (Å²) in [5, 5.41) is 2.66. The number of rotatable bonds is 4. The van der Waals surface area contributed by atoms with Gasteiger partial charge in [0.15, 0.2) is 0 Å². The van der Waals surface area contributed by atoms with Crippen molar-refractivity contribution in [3.63, 3.8) is 0 Å². The van der Waals surface area contributed by atoms with Gasteiger partial charge in [-0.25, -0.2) is 8.42 Å². The van der Waals surface area contributed by atoms with Crippen molar-refractivity contribution in [3.8, 4) is 5.75 Å². The van der Waals surface area contributed by atoms with Gasteiger partial charge in [-0.2, -0.15) is 4.31 Å². The number of amides is 2. The van der Waals surface area contributed by atoms with Crippen LogP contribution >= 0.6 is 15.9 Å². The Balaban J connectivity index is 1.63. The summed E-state index contributed by atoms with van der Waals surface area (Å²) < 4.78 is 32.6. The van der Waals surface area contributed by atoms with Crippen LogP contribution in [0.15, 0.2) is 27.6 Å². The van der Waals surface area contributed by atoms with Crippen molar-refractivity contribution in [3.05, 3.63) is 22.7 Å². The standard InChI is InChI=1S/C16H20BrN3O5S/c1-25-14-5-4-12(10-13(14)17)26(23,24)20-8-6-19(7-9-20)16(22)15(21)18-11-2-3-11/h4-5,10-11H,2-3,6-9H2,1H3,(H,18,21). The molecule has 10 heteroatoms. The van der Waals surface area contributed by atoms with Crippen LogP contribution < -0.4 is 10.1 Å². The molecule has 8 nitrogen and oxygen atoms in total. The lowest BCUT2D eigenvalue weighted by Crippen LogP contribution is -2.53. The number of piperazine rings is 1. The third kappa shape index (κ3) is 4.02. The molecule has 1 aliphatic carbocycles. The van der Waals surface area contributed by atoms with Crippen LogP contribution in [-0.4, -0.2) is 68.8 Å². The molecule has 0 atom stereocenters. The van der Waals surface area contributed by atoms with Crippen LogP contribution in [-0.2, 0) is 19.6 Å². The summed E-state index contributed by atoms with van der Waals surface area (Å²) in [5.41, 5.74) is 0. The molecule has 1 aliphatic heterocycles. The molecule has 2 fully saturated rings. The SMILES string of the molecule is COc1ccc(S(=O)(=O)N2CCN(C(=O)C(=O)NC3CC3)CC2)cc1Br. The predicted octanol–water partition coefficient (Wildman–Crippen LogP) is 0.569. The number of sulfonamides is 1. The monoisotopic (exact) mass is 445 g/mol. The summed E-state index contributed by atoms with van der Waals surface area (Å²) in [7, 11) is -2.17. The first-order valence-electron chi connectivity index (χ1n) is 8.26. The number of hydrogen-bond acceptors (Lipinski definition) is 5. The number of carbonyl (C=O) groups is 2. The Morgan fingerprint density at radius 1 is 1.19 bits per heavy atom. The third-order valence-corrected chi connectivity index (χ3v) is 6.91. The summed E-state index contributed by atoms with van der Waals surface area (Å²) in [6, 6.07) is 4.68. The van der Waals surface area contributed by atoms with Gasteiger partial charge in [0.25, 0.3) is 0 Å². The fourth-order valence-electron chi connectivity index (χ4n) is 2.71. The summed E-state index contributed by atoms with van der Waals surface area (Å²) in [4.78, 5) is 25.5. The molecule has 2 aliphatic rings. The van der Waals surface area contributed by atoms with E-state index >= 15 is 0 Å². The van der Waals surface area contributed by atoms with E-state index in [0.29, 0.717) is 10.2 Å². The molecule has 0 unspecified atom stereocenters. The van der Waals surface area contributed by atoms with Crippen molar-refractivity contribution >= 4 is 37.8 Å². The number of hydrogen-bond donors (Lipinski definition) is 1. The normalized spacial score (nSPS) is 18.5. The van der Waals surface area contributed by atoms with E-state index in [1.54, 1.807) is 6.07 Å². The highest BCUT2D eigenvalue weighted by Gasteiger charge is 2.34. The third-order valence-electron chi connectivity index (χ3n) is 4.39. The Morgan fingerprint density at radius 3 is 2.38 bits per heavy atom. The highest BCUT2D eigenvalue weighted by molar-refractivity contribution is 9.10. The zero-order valence-corrected chi connectivity index (χ0v) is 16.7. The molecule has 1 aromatic rings. The first-order chi connectivity index (χ1) is 12.3. The van der Waals surface area contributed by atoms with E-state index in [-0.39, 0.29) is 37.1 Å². The van der Waals surface area contributed by atoms with Crippen LogP contribution in [0.25, 0.3) is 0 Å². The molecule has 1 aromatic carbocycles. The molecule has 1 saturated carbocycles. The summed E-state index contributed by atoms with van der Waals surface area (Å²) in [6.45, 7) is 0.670. The van der Waals surface area contributed by atoms with Gasteiger partial charge >= 0.3 is 11.8 Å². The van der Waals surface area contributed by atoms with Crippen molar-refractivity contribution in [1.82, 2.24) is 14.5 Å². The Bertz CT molecular complexity index is 817. The van der Waals surface area contributed by atoms with Gasteiger partial charge in [0.2, 0.25) is 10.0 Å². The lowest BCUT2D eigenvalue weighted by molar-refractivity contribution is -0.146. The molecule has 3 rings (SSSR count). The molecule has 0 radical (unpaired) electrons. The highest BCUT2D eigenvalue weighted by atomic mass is 79.9. The predicted molar refractivity (Wildman–Crippen MR) is 97.2 cm³/mol. The lowest BCUT2D eigenvalue weighted by atomic mass is 10.3. The fraction of sp³-hybridized carbons (Fsp3) is 0.500. The molecule has 0 bridgehead atoms. The molecule has 0 spiro atoms. The number of benzene rings is 1. The molecule has 142 valence electrons. The van der Waals surface area contributed by atoms with E-state index in [4.69, 9.17) is 4.74 Å².